The molecule has 0 aliphatic heterocycles. The topological polar surface area (TPSA) is 49.7 Å². The molecule has 3 nitrogen and oxygen atoms in total. The summed E-state index contributed by atoms with van der Waals surface area (Å²) in [4.78, 5) is 19.4. The summed E-state index contributed by atoms with van der Waals surface area (Å²) < 4.78 is 5.00. The second kappa shape index (κ2) is 6.76. The second-order valence-corrected chi connectivity index (χ2v) is 7.39. The summed E-state index contributed by atoms with van der Waals surface area (Å²) in [6.07, 6.45) is 2.32. The van der Waals surface area contributed by atoms with Gasteiger partial charge in [0.2, 0.25) is 0 Å². The van der Waals surface area contributed by atoms with Crippen LogP contribution < -0.4 is 4.52 Å². The summed E-state index contributed by atoms with van der Waals surface area (Å²) in [6, 6.07) is 5.54. The Bertz CT molecular complexity index is 417. The molecule has 6 heteroatoms. The minimum atomic E-state index is -3.64. The molecular weight excluding hydrogens is 275 g/mol. The van der Waals surface area contributed by atoms with E-state index in [2.05, 4.69) is 18.7 Å². The smallest absolute Gasteiger partial charge is 0.375 e. The van der Waals surface area contributed by atoms with Crippen LogP contribution in [0.3, 0.4) is 0 Å². The molecule has 0 unspecified atom stereocenters. The molecule has 0 aliphatic carbocycles. The van der Waals surface area contributed by atoms with Crippen molar-refractivity contribution in [3.63, 3.8) is 0 Å². The molecule has 0 atom stereocenters. The predicted molar refractivity (Wildman–Crippen MR) is 76.2 cm³/mol. The highest BCUT2D eigenvalue weighted by Gasteiger charge is 2.13. The van der Waals surface area contributed by atoms with Crippen molar-refractivity contribution in [3.8, 4) is 5.75 Å². The summed E-state index contributed by atoms with van der Waals surface area (Å²) in [5.74, 6) is 1.51. The van der Waals surface area contributed by atoms with Crippen LogP contribution in [0.2, 0.25) is 0 Å². The van der Waals surface area contributed by atoms with Crippen molar-refractivity contribution in [2.75, 3.05) is 5.75 Å². The molecule has 0 radical (unpaired) electrons. The van der Waals surface area contributed by atoms with Gasteiger partial charge in [0.05, 0.1) is 0 Å². The van der Waals surface area contributed by atoms with Crippen LogP contribution in [-0.2, 0) is 11.8 Å². The van der Waals surface area contributed by atoms with Gasteiger partial charge in [-0.1, -0.05) is 19.4 Å². The molecule has 0 saturated carbocycles. The summed E-state index contributed by atoms with van der Waals surface area (Å²) in [5.41, 5.74) is 0.908. The third-order valence-electron chi connectivity index (χ3n) is 2.21. The molecule has 17 heavy (non-hydrogen) atoms. The number of unbranched alkanes of at least 4 members (excludes halogenated alkanes) is 1. The third kappa shape index (κ3) is 5.40. The van der Waals surface area contributed by atoms with E-state index < -0.39 is 6.72 Å². The van der Waals surface area contributed by atoms with Gasteiger partial charge in [-0.05, 0) is 31.2 Å². The molecule has 0 amide bonds. The van der Waals surface area contributed by atoms with E-state index in [0.717, 1.165) is 29.1 Å². The fraction of sp³-hybridized carbons (Fsp3) is 0.455. The number of rotatable bonds is 6. The van der Waals surface area contributed by atoms with Crippen LogP contribution in [0.15, 0.2) is 23.1 Å². The first-order chi connectivity index (χ1) is 7.94. The SMILES string of the molecule is CCCCSc1cccc(OP(O)(O)=S)c1C. The Labute approximate surface area is 111 Å². The number of hydrogen-bond acceptors (Lipinski definition) is 3. The van der Waals surface area contributed by atoms with E-state index in [1.165, 1.54) is 0 Å². The monoisotopic (exact) mass is 292 g/mol. The van der Waals surface area contributed by atoms with Gasteiger partial charge < -0.3 is 14.3 Å². The predicted octanol–water partition coefficient (Wildman–Crippen LogP) is 3.48. The second-order valence-electron chi connectivity index (χ2n) is 3.66. The van der Waals surface area contributed by atoms with Crippen LogP contribution in [0.4, 0.5) is 0 Å². The third-order valence-corrected chi connectivity index (χ3v) is 4.11. The fourth-order valence-electron chi connectivity index (χ4n) is 1.30. The molecule has 0 saturated heterocycles. The van der Waals surface area contributed by atoms with Crippen molar-refractivity contribution >= 4 is 30.3 Å². The average molecular weight is 292 g/mol. The summed E-state index contributed by atoms with van der Waals surface area (Å²) in [5, 5.41) is 0. The zero-order valence-corrected chi connectivity index (χ0v) is 12.4. The molecule has 0 bridgehead atoms. The lowest BCUT2D eigenvalue weighted by Gasteiger charge is -2.14. The maximum atomic E-state index is 9.15. The van der Waals surface area contributed by atoms with Crippen LogP contribution in [-0.4, -0.2) is 15.5 Å². The highest BCUT2D eigenvalue weighted by atomic mass is 32.5. The van der Waals surface area contributed by atoms with E-state index >= 15 is 0 Å². The van der Waals surface area contributed by atoms with Gasteiger partial charge in [-0.2, -0.15) is 0 Å². The first-order valence-electron chi connectivity index (χ1n) is 5.41. The Morgan fingerprint density at radius 1 is 1.41 bits per heavy atom. The Hall–Kier alpha value is -0.0600. The first-order valence-corrected chi connectivity index (χ1v) is 9.02. The Morgan fingerprint density at radius 2 is 2.12 bits per heavy atom. The molecule has 2 N–H and O–H groups in total. The van der Waals surface area contributed by atoms with E-state index in [1.807, 2.05) is 19.1 Å². The molecule has 0 heterocycles. The Kier molecular flexibility index (Phi) is 5.97. The summed E-state index contributed by atoms with van der Waals surface area (Å²) >= 11 is 6.22. The van der Waals surface area contributed by atoms with Crippen LogP contribution in [0, 0.1) is 6.92 Å². The van der Waals surface area contributed by atoms with Crippen molar-refractivity contribution < 1.29 is 14.3 Å². The minimum absolute atomic E-state index is 0.458. The van der Waals surface area contributed by atoms with Gasteiger partial charge in [0.1, 0.15) is 5.75 Å². The maximum Gasteiger partial charge on any atom is 0.375 e. The zero-order valence-electron chi connectivity index (χ0n) is 9.92. The molecule has 1 aromatic rings. The molecule has 1 aromatic carbocycles. The lowest BCUT2D eigenvalue weighted by atomic mass is 10.2. The fourth-order valence-corrected chi connectivity index (χ4v) is 3.14. The standard InChI is InChI=1S/C11H17O3PS2/c1-3-4-8-17-11-7-5-6-10(9(11)2)14-15(12,13)16/h5-7H,3-4,8H2,1-2H3,(H2,12,13,16). The van der Waals surface area contributed by atoms with Crippen molar-refractivity contribution in [2.24, 2.45) is 0 Å². The van der Waals surface area contributed by atoms with Crippen LogP contribution in [0.5, 0.6) is 5.75 Å². The molecule has 0 spiro atoms. The van der Waals surface area contributed by atoms with Gasteiger partial charge in [-0.25, -0.2) is 0 Å². The van der Waals surface area contributed by atoms with Crippen LogP contribution in [0.1, 0.15) is 25.3 Å². The molecule has 1 rings (SSSR count). The summed E-state index contributed by atoms with van der Waals surface area (Å²) in [7, 11) is 0. The highest BCUT2D eigenvalue weighted by Crippen LogP contribution is 2.41. The van der Waals surface area contributed by atoms with Crippen molar-refractivity contribution in [3.05, 3.63) is 23.8 Å². The first kappa shape index (κ1) is 15.0. The largest absolute Gasteiger partial charge is 0.424 e. The maximum absolute atomic E-state index is 9.15. The molecule has 0 aromatic heterocycles. The number of benzene rings is 1. The van der Waals surface area contributed by atoms with Gasteiger partial charge in [-0.3, -0.25) is 0 Å². The average Bonchev–Trinajstić information content (AvgIpc) is 2.22. The Morgan fingerprint density at radius 3 is 2.71 bits per heavy atom. The van der Waals surface area contributed by atoms with Crippen molar-refractivity contribution in [1.29, 1.82) is 0 Å². The molecule has 0 fully saturated rings. The van der Waals surface area contributed by atoms with E-state index in [4.69, 9.17) is 14.3 Å². The quantitative estimate of drug-likeness (QED) is 0.477. The van der Waals surface area contributed by atoms with Crippen molar-refractivity contribution in [2.45, 2.75) is 31.6 Å². The summed E-state index contributed by atoms with van der Waals surface area (Å²) in [6.45, 7) is 0.409. The lowest BCUT2D eigenvalue weighted by molar-refractivity contribution is 0.369. The number of hydrogen-bond donors (Lipinski definition) is 2. The Balaban J connectivity index is 2.80. The number of thioether (sulfide) groups is 1. The molecule has 0 aliphatic rings. The van der Waals surface area contributed by atoms with Gasteiger partial charge in [-0.15, -0.1) is 11.8 Å². The van der Waals surface area contributed by atoms with Gasteiger partial charge >= 0.3 is 6.72 Å². The normalized spacial score (nSPS) is 11.5. The van der Waals surface area contributed by atoms with Crippen LogP contribution >= 0.6 is 18.5 Å². The highest BCUT2D eigenvalue weighted by molar-refractivity contribution is 8.06. The minimum Gasteiger partial charge on any atom is -0.424 e. The van der Waals surface area contributed by atoms with E-state index in [-0.39, 0.29) is 0 Å². The van der Waals surface area contributed by atoms with Gasteiger partial charge in [0.25, 0.3) is 0 Å². The van der Waals surface area contributed by atoms with Crippen LogP contribution in [0.25, 0.3) is 0 Å². The van der Waals surface area contributed by atoms with Gasteiger partial charge in [0.15, 0.2) is 0 Å². The lowest BCUT2D eigenvalue weighted by Crippen LogP contribution is -1.93. The van der Waals surface area contributed by atoms with E-state index in [0.29, 0.717) is 5.75 Å². The molecule has 96 valence electrons. The van der Waals surface area contributed by atoms with E-state index in [9.17, 15) is 0 Å². The zero-order chi connectivity index (χ0) is 12.9. The van der Waals surface area contributed by atoms with Gasteiger partial charge in [0, 0.05) is 22.3 Å². The molecular formula is C11H17O3PS2. The van der Waals surface area contributed by atoms with E-state index in [1.54, 1.807) is 17.8 Å². The van der Waals surface area contributed by atoms with Crippen molar-refractivity contribution in [1.82, 2.24) is 0 Å².